The number of ketones is 1. The Bertz CT molecular complexity index is 1460. The molecule has 3 aliphatic rings. The first-order chi connectivity index (χ1) is 20.9. The van der Waals surface area contributed by atoms with Crippen molar-refractivity contribution in [1.82, 2.24) is 5.32 Å². The molecule has 3 heterocycles. The largest absolute Gasteiger partial charge is 0.504 e. The van der Waals surface area contributed by atoms with Gasteiger partial charge in [0, 0.05) is 25.5 Å². The van der Waals surface area contributed by atoms with Crippen molar-refractivity contribution in [3.8, 4) is 11.5 Å². The monoisotopic (exact) mass is 587 g/mol. The summed E-state index contributed by atoms with van der Waals surface area (Å²) in [5.74, 6) is 0.476. The molecule has 3 aliphatic heterocycles. The molecule has 0 aliphatic carbocycles. The van der Waals surface area contributed by atoms with Crippen molar-refractivity contribution >= 4 is 17.6 Å². The summed E-state index contributed by atoms with van der Waals surface area (Å²) in [5, 5.41) is 33.7. The van der Waals surface area contributed by atoms with Crippen molar-refractivity contribution in [2.75, 3.05) is 13.3 Å². The van der Waals surface area contributed by atoms with Gasteiger partial charge in [-0.15, -0.1) is 0 Å². The molecule has 228 valence electrons. The van der Waals surface area contributed by atoms with E-state index >= 15 is 0 Å². The predicted octanol–water partition coefficient (Wildman–Crippen LogP) is 2.95. The first-order valence-electron chi connectivity index (χ1n) is 15.3. The molecule has 0 aromatic heterocycles. The van der Waals surface area contributed by atoms with E-state index in [2.05, 4.69) is 23.4 Å². The van der Waals surface area contributed by atoms with Crippen molar-refractivity contribution in [3.05, 3.63) is 87.9 Å². The minimum Gasteiger partial charge on any atom is -0.504 e. The van der Waals surface area contributed by atoms with E-state index in [0.717, 1.165) is 68.8 Å². The fourth-order valence-corrected chi connectivity index (χ4v) is 5.95. The third-order valence-electron chi connectivity index (χ3n) is 8.40. The van der Waals surface area contributed by atoms with Gasteiger partial charge in [0.25, 0.3) is 0 Å². The molecular weight excluding hydrogens is 544 g/mol. The number of carbonyl (C=O) groups is 1. The molecule has 0 radical (unpaired) electrons. The SMILES string of the molecule is CCCCC[C@@H](O)CC(=O)CCc1ccc(O)c(OC[NH+]2C=C3C(Cc4c(CO)ccc5c4C=CN[C@H]5N)=CN=C3C2)c1. The summed E-state index contributed by atoms with van der Waals surface area (Å²) in [7, 11) is 0. The number of aliphatic hydroxyl groups is 2. The minimum atomic E-state index is -0.572. The Kier molecular flexibility index (Phi) is 10.1. The van der Waals surface area contributed by atoms with Crippen LogP contribution in [0.15, 0.2) is 65.1 Å². The molecule has 9 heteroatoms. The number of rotatable bonds is 15. The molecule has 7 N–H and O–H groups in total. The van der Waals surface area contributed by atoms with Crippen LogP contribution in [0, 0.1) is 0 Å². The zero-order valence-electron chi connectivity index (χ0n) is 24.8. The smallest absolute Gasteiger partial charge is 0.227 e. The van der Waals surface area contributed by atoms with E-state index in [-0.39, 0.29) is 30.7 Å². The van der Waals surface area contributed by atoms with Gasteiger partial charge in [-0.2, -0.15) is 0 Å². The van der Waals surface area contributed by atoms with E-state index in [0.29, 0.717) is 44.7 Å². The molecule has 0 saturated heterocycles. The van der Waals surface area contributed by atoms with Gasteiger partial charge in [-0.25, -0.2) is 0 Å². The van der Waals surface area contributed by atoms with Crippen LogP contribution in [0.5, 0.6) is 11.5 Å². The summed E-state index contributed by atoms with van der Waals surface area (Å²) in [6, 6.07) is 9.09. The molecule has 3 atom stereocenters. The molecule has 2 aromatic rings. The van der Waals surface area contributed by atoms with Crippen LogP contribution in [0.3, 0.4) is 0 Å². The number of hydrogen-bond donors (Lipinski definition) is 6. The van der Waals surface area contributed by atoms with Gasteiger partial charge in [-0.05, 0) is 70.6 Å². The van der Waals surface area contributed by atoms with E-state index in [9.17, 15) is 20.1 Å². The minimum absolute atomic E-state index is 0.0431. The van der Waals surface area contributed by atoms with Gasteiger partial charge < -0.3 is 31.1 Å². The highest BCUT2D eigenvalue weighted by molar-refractivity contribution is 6.08. The molecule has 1 unspecified atom stereocenters. The molecule has 0 amide bonds. The summed E-state index contributed by atoms with van der Waals surface area (Å²) in [6.45, 7) is 3.03. The van der Waals surface area contributed by atoms with Gasteiger partial charge >= 0.3 is 0 Å². The number of unbranched alkanes of at least 4 members (excludes halogenated alkanes) is 2. The first-order valence-corrected chi connectivity index (χ1v) is 15.3. The number of aliphatic hydroxyl groups excluding tert-OH is 2. The van der Waals surface area contributed by atoms with Gasteiger partial charge in [-0.1, -0.05) is 44.4 Å². The third kappa shape index (κ3) is 7.43. The number of fused-ring (bicyclic) bond motifs is 2. The number of hydrogen-bond acceptors (Lipinski definition) is 8. The van der Waals surface area contributed by atoms with Crippen molar-refractivity contribution in [2.45, 2.75) is 77.2 Å². The number of phenolic OH excluding ortho intramolecular Hbond substituents is 1. The number of Topliss-reactive ketones (excluding diaryl/α,β-unsaturated/α-hetero) is 1. The Morgan fingerprint density at radius 3 is 2.93 bits per heavy atom. The maximum Gasteiger partial charge on any atom is 0.227 e. The predicted molar refractivity (Wildman–Crippen MR) is 166 cm³/mol. The number of aromatic hydroxyl groups is 1. The van der Waals surface area contributed by atoms with Crippen LogP contribution >= 0.6 is 0 Å². The zero-order chi connectivity index (χ0) is 30.3. The maximum atomic E-state index is 12.4. The number of aliphatic imine (C=N–C) groups is 1. The van der Waals surface area contributed by atoms with E-state index in [1.54, 1.807) is 18.2 Å². The molecule has 0 fully saturated rings. The number of ether oxygens (including phenoxy) is 1. The van der Waals surface area contributed by atoms with Gasteiger partial charge in [0.1, 0.15) is 30.4 Å². The van der Waals surface area contributed by atoms with Crippen LogP contribution in [0.25, 0.3) is 6.08 Å². The number of benzene rings is 2. The molecular formula is C34H43N4O5+. The fourth-order valence-electron chi connectivity index (χ4n) is 5.95. The average Bonchev–Trinajstić information content (AvgIpc) is 3.57. The lowest BCUT2D eigenvalue weighted by Crippen LogP contribution is -3.07. The van der Waals surface area contributed by atoms with Gasteiger partial charge in [0.05, 0.1) is 18.3 Å². The fraction of sp³-hybridized carbons (Fsp3) is 0.412. The lowest BCUT2D eigenvalue weighted by atomic mass is 9.88. The summed E-state index contributed by atoms with van der Waals surface area (Å²) >= 11 is 0. The van der Waals surface area contributed by atoms with Crippen molar-refractivity contribution in [1.29, 1.82) is 0 Å². The number of nitrogens with one attached hydrogen (secondary N) is 2. The van der Waals surface area contributed by atoms with Crippen molar-refractivity contribution in [2.24, 2.45) is 10.7 Å². The standard InChI is InChI=1S/C34H42N4O5/c1-2-3-4-5-25(40)16-26(41)9-6-22-7-11-32(42)33(14-22)43-21-38-18-30-24(17-37-31(30)19-38)15-29-23(20-39)8-10-28-27(29)12-13-36-34(28)35/h7-8,10-14,17-18,25,34,36,39-40,42H,2-6,9,15-16,19-21,35H2,1H3/p+1/t25-,34-/m1/s1. The Morgan fingerprint density at radius 2 is 2.12 bits per heavy atom. The number of allylic oxidation sites excluding steroid dienone is 1. The zero-order valence-corrected chi connectivity index (χ0v) is 24.8. The highest BCUT2D eigenvalue weighted by Crippen LogP contribution is 2.32. The average molecular weight is 588 g/mol. The summed E-state index contributed by atoms with van der Waals surface area (Å²) in [4.78, 5) is 18.1. The Morgan fingerprint density at radius 1 is 1.26 bits per heavy atom. The number of nitrogens with zero attached hydrogens (tertiary/aromatic N) is 1. The lowest BCUT2D eigenvalue weighted by Gasteiger charge is -2.24. The van der Waals surface area contributed by atoms with Crippen LogP contribution < -0.4 is 20.7 Å². The van der Waals surface area contributed by atoms with E-state index in [1.165, 1.54) is 0 Å². The molecule has 5 rings (SSSR count). The number of phenols is 1. The second-order valence-electron chi connectivity index (χ2n) is 11.6. The Balaban J connectivity index is 1.18. The van der Waals surface area contributed by atoms with E-state index < -0.39 is 6.10 Å². The number of carbonyl (C=O) groups excluding carboxylic acids is 1. The molecule has 0 spiro atoms. The van der Waals surface area contributed by atoms with Gasteiger partial charge in [0.2, 0.25) is 6.73 Å². The second kappa shape index (κ2) is 14.1. The van der Waals surface area contributed by atoms with Gasteiger partial charge in [-0.3, -0.25) is 14.7 Å². The maximum absolute atomic E-state index is 12.4. The van der Waals surface area contributed by atoms with Crippen LogP contribution in [0.4, 0.5) is 0 Å². The van der Waals surface area contributed by atoms with Gasteiger partial charge in [0.15, 0.2) is 11.5 Å². The summed E-state index contributed by atoms with van der Waals surface area (Å²) < 4.78 is 6.04. The topological polar surface area (TPSA) is 142 Å². The van der Waals surface area contributed by atoms with Crippen LogP contribution in [0.2, 0.25) is 0 Å². The van der Waals surface area contributed by atoms with Crippen molar-refractivity contribution < 1.29 is 29.8 Å². The molecule has 43 heavy (non-hydrogen) atoms. The highest BCUT2D eigenvalue weighted by Gasteiger charge is 2.31. The van der Waals surface area contributed by atoms with Crippen LogP contribution in [0.1, 0.15) is 79.4 Å². The molecule has 0 bridgehead atoms. The summed E-state index contributed by atoms with van der Waals surface area (Å²) in [5.41, 5.74) is 14.3. The first kappa shape index (κ1) is 30.7. The van der Waals surface area contributed by atoms with Crippen molar-refractivity contribution in [3.63, 3.8) is 0 Å². The number of nitrogens with two attached hydrogens (primary N) is 1. The summed E-state index contributed by atoms with van der Waals surface area (Å²) in [6.07, 6.45) is 12.5. The van der Waals surface area contributed by atoms with Crippen LogP contribution in [-0.4, -0.2) is 46.2 Å². The number of quaternary nitrogens is 1. The van der Waals surface area contributed by atoms with Crippen LogP contribution in [-0.2, 0) is 24.2 Å². The second-order valence-corrected chi connectivity index (χ2v) is 11.6. The molecule has 0 saturated carbocycles. The normalized spacial score (nSPS) is 19.2. The van der Waals surface area contributed by atoms with E-state index in [4.69, 9.17) is 10.5 Å². The number of aryl methyl sites for hydroxylation is 1. The highest BCUT2D eigenvalue weighted by atomic mass is 16.5. The Hall–Kier alpha value is -3.76. The quantitative estimate of drug-likeness (QED) is 0.176. The molecule has 2 aromatic carbocycles. The third-order valence-corrected chi connectivity index (χ3v) is 8.40. The molecule has 9 nitrogen and oxygen atoms in total. The lowest BCUT2D eigenvalue weighted by molar-refractivity contribution is -0.851. The van der Waals surface area contributed by atoms with E-state index in [1.807, 2.05) is 30.6 Å². The Labute approximate surface area is 253 Å².